The Balaban J connectivity index is 2.55. The topological polar surface area (TPSA) is 101 Å². The maximum atomic E-state index is 5.25. The molecule has 0 saturated carbocycles. The number of aromatic nitrogens is 2. The first-order valence-electron chi connectivity index (χ1n) is 4.31. The number of nitrogens with one attached hydrogen (secondary N) is 2. The van der Waals surface area contributed by atoms with Crippen LogP contribution in [0.5, 0.6) is 0 Å². The van der Waals surface area contributed by atoms with Crippen LogP contribution in [0.25, 0.3) is 0 Å². The van der Waals surface area contributed by atoms with Crippen LogP contribution in [-0.4, -0.2) is 22.6 Å². The predicted octanol–water partition coefficient (Wildman–Crippen LogP) is -0.441. The smallest absolute Gasteiger partial charge is 0.213 e. The molecule has 0 spiro atoms. The lowest BCUT2D eigenvalue weighted by molar-refractivity contribution is 0.403. The van der Waals surface area contributed by atoms with Crippen molar-refractivity contribution in [1.82, 2.24) is 20.9 Å². The molecule has 0 fully saturated rings. The van der Waals surface area contributed by atoms with Gasteiger partial charge < -0.3 is 9.84 Å². The first-order valence-corrected chi connectivity index (χ1v) is 4.31. The van der Waals surface area contributed by atoms with Gasteiger partial charge in [-0.25, -0.2) is 5.84 Å². The number of nitrogens with zero attached hydrogens (tertiary/aromatic N) is 3. The zero-order valence-corrected chi connectivity index (χ0v) is 8.19. The van der Waals surface area contributed by atoms with Crippen molar-refractivity contribution in [1.29, 1.82) is 0 Å². The number of hydrazine groups is 1. The summed E-state index contributed by atoms with van der Waals surface area (Å²) in [5.41, 5.74) is 2.45. The van der Waals surface area contributed by atoms with Gasteiger partial charge in [0.05, 0.1) is 6.04 Å². The van der Waals surface area contributed by atoms with E-state index in [-0.39, 0.29) is 6.04 Å². The molecule has 0 amide bonds. The van der Waals surface area contributed by atoms with Crippen LogP contribution in [0.1, 0.15) is 25.7 Å². The van der Waals surface area contributed by atoms with E-state index in [9.17, 15) is 0 Å². The fourth-order valence-corrected chi connectivity index (χ4v) is 0.930. The average Bonchev–Trinajstić information content (AvgIpc) is 2.69. The summed E-state index contributed by atoms with van der Waals surface area (Å²) < 4.78 is 4.62. The first kappa shape index (κ1) is 10.5. The van der Waals surface area contributed by atoms with E-state index in [0.29, 0.717) is 18.3 Å². The Morgan fingerprint density at radius 1 is 1.79 bits per heavy atom. The Kier molecular flexibility index (Phi) is 3.86. The van der Waals surface area contributed by atoms with Crippen LogP contribution < -0.4 is 16.6 Å². The largest absolute Gasteiger partial charge is 0.345 e. The van der Waals surface area contributed by atoms with Crippen molar-refractivity contribution in [2.45, 2.75) is 19.9 Å². The number of hydrogen-bond donors (Lipinski definition) is 3. The van der Waals surface area contributed by atoms with Crippen molar-refractivity contribution < 1.29 is 4.52 Å². The lowest BCUT2D eigenvalue weighted by Gasteiger charge is -2.12. The molecule has 1 aromatic heterocycles. The number of nitrogens with two attached hydrogens (primary N) is 1. The van der Waals surface area contributed by atoms with Crippen LogP contribution >= 0.6 is 0 Å². The number of hydrogen-bond acceptors (Lipinski definition) is 5. The minimum absolute atomic E-state index is 0.102. The molecule has 7 nitrogen and oxygen atoms in total. The van der Waals surface area contributed by atoms with Gasteiger partial charge in [0.15, 0.2) is 5.82 Å². The highest BCUT2D eigenvalue weighted by Crippen LogP contribution is 2.03. The molecule has 78 valence electrons. The van der Waals surface area contributed by atoms with E-state index in [2.05, 4.69) is 30.4 Å². The van der Waals surface area contributed by atoms with E-state index in [1.165, 1.54) is 6.39 Å². The van der Waals surface area contributed by atoms with Crippen molar-refractivity contribution in [3.8, 4) is 0 Å². The Bertz CT molecular complexity index is 282. The molecule has 0 radical (unpaired) electrons. The van der Waals surface area contributed by atoms with Gasteiger partial charge in [0, 0.05) is 6.54 Å². The van der Waals surface area contributed by atoms with Gasteiger partial charge in [-0.1, -0.05) is 5.16 Å². The molecule has 0 aliphatic carbocycles. The number of rotatable bonds is 3. The highest BCUT2D eigenvalue weighted by atomic mass is 16.5. The van der Waals surface area contributed by atoms with E-state index in [1.807, 2.05) is 13.8 Å². The Labute approximate surface area is 81.7 Å². The van der Waals surface area contributed by atoms with Gasteiger partial charge in [0.1, 0.15) is 0 Å². The molecule has 14 heavy (non-hydrogen) atoms. The minimum Gasteiger partial charge on any atom is -0.345 e. The summed E-state index contributed by atoms with van der Waals surface area (Å²) in [6.07, 6.45) is 1.28. The van der Waals surface area contributed by atoms with E-state index < -0.39 is 0 Å². The van der Waals surface area contributed by atoms with Crippen molar-refractivity contribution in [3.05, 3.63) is 12.2 Å². The Hall–Kier alpha value is -1.63. The molecule has 1 heterocycles. The number of guanidine groups is 1. The summed E-state index contributed by atoms with van der Waals surface area (Å²) in [6, 6.07) is -0.102. The van der Waals surface area contributed by atoms with Gasteiger partial charge in [-0.2, -0.15) is 4.98 Å². The third-order valence-corrected chi connectivity index (χ3v) is 1.57. The number of aliphatic imine (C=N–C) groups is 1. The van der Waals surface area contributed by atoms with Crippen LogP contribution in [0.4, 0.5) is 0 Å². The van der Waals surface area contributed by atoms with E-state index in [0.717, 1.165) is 0 Å². The Morgan fingerprint density at radius 2 is 2.57 bits per heavy atom. The predicted molar refractivity (Wildman–Crippen MR) is 51.1 cm³/mol. The van der Waals surface area contributed by atoms with E-state index in [4.69, 9.17) is 5.84 Å². The second kappa shape index (κ2) is 5.18. The minimum atomic E-state index is -0.102. The molecule has 0 saturated heterocycles. The van der Waals surface area contributed by atoms with Gasteiger partial charge in [0.25, 0.3) is 0 Å². The molecule has 4 N–H and O–H groups in total. The molecule has 0 aliphatic heterocycles. The fraction of sp³-hybridized carbons (Fsp3) is 0.571. The summed E-state index contributed by atoms with van der Waals surface area (Å²) in [6.45, 7) is 4.44. The summed E-state index contributed by atoms with van der Waals surface area (Å²) in [5.74, 6) is 6.32. The summed E-state index contributed by atoms with van der Waals surface area (Å²) in [5, 5.41) is 6.69. The molecule has 1 atom stereocenters. The van der Waals surface area contributed by atoms with E-state index in [1.54, 1.807) is 0 Å². The molecular formula is C7H14N6O. The maximum absolute atomic E-state index is 5.25. The van der Waals surface area contributed by atoms with Crippen molar-refractivity contribution in [3.63, 3.8) is 0 Å². The molecular weight excluding hydrogens is 184 g/mol. The molecule has 0 aliphatic rings. The monoisotopic (exact) mass is 198 g/mol. The fourth-order valence-electron chi connectivity index (χ4n) is 0.930. The standard InChI is InChI=1S/C7H14N6O/c1-3-9-7(12-8)11-5(2)6-10-4-14-13-6/h4-5H,3,8H2,1-2H3,(H2,9,11,12). The third-order valence-electron chi connectivity index (χ3n) is 1.57. The quantitative estimate of drug-likeness (QED) is 0.263. The third kappa shape index (κ3) is 2.70. The van der Waals surface area contributed by atoms with Gasteiger partial charge in [-0.3, -0.25) is 10.4 Å². The molecule has 1 rings (SSSR count). The molecule has 1 unspecified atom stereocenters. The molecule has 0 aromatic carbocycles. The zero-order valence-electron chi connectivity index (χ0n) is 8.19. The maximum Gasteiger partial charge on any atom is 0.213 e. The zero-order chi connectivity index (χ0) is 10.4. The highest BCUT2D eigenvalue weighted by molar-refractivity contribution is 5.79. The average molecular weight is 198 g/mol. The van der Waals surface area contributed by atoms with E-state index >= 15 is 0 Å². The van der Waals surface area contributed by atoms with Gasteiger partial charge in [0.2, 0.25) is 12.4 Å². The summed E-state index contributed by atoms with van der Waals surface area (Å²) in [4.78, 5) is 7.98. The van der Waals surface area contributed by atoms with Crippen LogP contribution in [0.2, 0.25) is 0 Å². The second-order valence-corrected chi connectivity index (χ2v) is 2.62. The molecule has 7 heteroatoms. The van der Waals surface area contributed by atoms with Crippen LogP contribution in [-0.2, 0) is 0 Å². The van der Waals surface area contributed by atoms with Crippen molar-refractivity contribution in [2.24, 2.45) is 10.8 Å². The van der Waals surface area contributed by atoms with Crippen LogP contribution in [0.3, 0.4) is 0 Å². The molecule has 1 aromatic rings. The molecule has 0 bridgehead atoms. The van der Waals surface area contributed by atoms with Crippen molar-refractivity contribution in [2.75, 3.05) is 6.54 Å². The van der Waals surface area contributed by atoms with Crippen molar-refractivity contribution >= 4 is 5.96 Å². The van der Waals surface area contributed by atoms with Gasteiger partial charge in [-0.05, 0) is 13.8 Å². The first-order chi connectivity index (χ1) is 6.77. The lowest BCUT2D eigenvalue weighted by atomic mass is 10.3. The second-order valence-electron chi connectivity index (χ2n) is 2.62. The normalized spacial score (nSPS) is 13.8. The summed E-state index contributed by atoms with van der Waals surface area (Å²) in [7, 11) is 0. The summed E-state index contributed by atoms with van der Waals surface area (Å²) >= 11 is 0. The van der Waals surface area contributed by atoms with Crippen LogP contribution in [0, 0.1) is 0 Å². The Morgan fingerprint density at radius 3 is 3.07 bits per heavy atom. The van der Waals surface area contributed by atoms with Gasteiger partial charge in [-0.15, -0.1) is 0 Å². The van der Waals surface area contributed by atoms with Gasteiger partial charge >= 0.3 is 0 Å². The highest BCUT2D eigenvalue weighted by Gasteiger charge is 2.10. The SMILES string of the molecule is CCN=C(NN)NC(C)c1ncon1. The van der Waals surface area contributed by atoms with Crippen LogP contribution in [0.15, 0.2) is 15.9 Å². The lowest BCUT2D eigenvalue weighted by Crippen LogP contribution is -2.42.